The minimum atomic E-state index is 0.263. The molecule has 0 aromatic carbocycles. The van der Waals surface area contributed by atoms with E-state index in [2.05, 4.69) is 36.0 Å². The van der Waals surface area contributed by atoms with E-state index >= 15 is 0 Å². The molecule has 0 saturated carbocycles. The van der Waals surface area contributed by atoms with Crippen molar-refractivity contribution >= 4 is 17.4 Å². The third-order valence-corrected chi connectivity index (χ3v) is 3.49. The summed E-state index contributed by atoms with van der Waals surface area (Å²) in [5.74, 6) is 0.885. The minimum Gasteiger partial charge on any atom is -0.373 e. The lowest BCUT2D eigenvalue weighted by atomic mass is 10.2. The molecular weight excluding hydrogens is 262 g/mol. The highest BCUT2D eigenvalue weighted by Crippen LogP contribution is 2.20. The molecule has 0 unspecified atom stereocenters. The van der Waals surface area contributed by atoms with Crippen LogP contribution in [0.3, 0.4) is 0 Å². The lowest BCUT2D eigenvalue weighted by Crippen LogP contribution is -2.45. The molecule has 0 amide bonds. The van der Waals surface area contributed by atoms with Gasteiger partial charge in [-0.25, -0.2) is 4.98 Å². The number of halogens is 1. The van der Waals surface area contributed by atoms with Gasteiger partial charge in [-0.1, -0.05) is 11.6 Å². The first-order valence-electron chi connectivity index (χ1n) is 6.85. The van der Waals surface area contributed by atoms with Crippen LogP contribution in [-0.4, -0.2) is 41.7 Å². The Morgan fingerprint density at radius 2 is 2.05 bits per heavy atom. The fraction of sp³-hybridized carbons (Fsp3) is 0.643. The molecule has 0 spiro atoms. The summed E-state index contributed by atoms with van der Waals surface area (Å²) in [5, 5.41) is 3.95. The molecule has 2 atom stereocenters. The number of nitrogens with zero attached hydrogens (tertiary/aromatic N) is 2. The van der Waals surface area contributed by atoms with Crippen LogP contribution in [0.1, 0.15) is 26.5 Å². The highest BCUT2D eigenvalue weighted by atomic mass is 35.5. The van der Waals surface area contributed by atoms with Crippen LogP contribution in [0.5, 0.6) is 0 Å². The molecule has 106 valence electrons. The zero-order chi connectivity index (χ0) is 13.8. The zero-order valence-corrected chi connectivity index (χ0v) is 12.6. The molecule has 2 rings (SSSR count). The van der Waals surface area contributed by atoms with Gasteiger partial charge in [0.05, 0.1) is 22.9 Å². The van der Waals surface area contributed by atoms with Gasteiger partial charge in [0, 0.05) is 26.2 Å². The summed E-state index contributed by atoms with van der Waals surface area (Å²) in [4.78, 5) is 6.93. The third-order valence-electron chi connectivity index (χ3n) is 3.15. The summed E-state index contributed by atoms with van der Waals surface area (Å²) in [6.45, 7) is 9.75. The number of anilines is 1. The Hall–Kier alpha value is -0.840. The SMILES string of the molecule is CCNc1ccc(Cl)c(CN2C[C@@H](C)O[C@@H](C)C2)n1. The Morgan fingerprint density at radius 1 is 1.37 bits per heavy atom. The maximum Gasteiger partial charge on any atom is 0.126 e. The number of rotatable bonds is 4. The fourth-order valence-corrected chi connectivity index (χ4v) is 2.67. The van der Waals surface area contributed by atoms with Gasteiger partial charge in [0.15, 0.2) is 0 Å². The van der Waals surface area contributed by atoms with E-state index in [4.69, 9.17) is 16.3 Å². The first-order valence-corrected chi connectivity index (χ1v) is 7.23. The van der Waals surface area contributed by atoms with Gasteiger partial charge in [-0.2, -0.15) is 0 Å². The molecule has 19 heavy (non-hydrogen) atoms. The van der Waals surface area contributed by atoms with Crippen LogP contribution in [0.2, 0.25) is 5.02 Å². The quantitative estimate of drug-likeness (QED) is 0.922. The first-order chi connectivity index (χ1) is 9.08. The summed E-state index contributed by atoms with van der Waals surface area (Å²) in [6.07, 6.45) is 0.527. The lowest BCUT2D eigenvalue weighted by molar-refractivity contribution is -0.0707. The Labute approximate surface area is 120 Å². The minimum absolute atomic E-state index is 0.263. The summed E-state index contributed by atoms with van der Waals surface area (Å²) in [5.41, 5.74) is 0.932. The van der Waals surface area contributed by atoms with E-state index in [9.17, 15) is 0 Å². The predicted molar refractivity (Wildman–Crippen MR) is 78.7 cm³/mol. The van der Waals surface area contributed by atoms with E-state index in [1.54, 1.807) is 0 Å². The average molecular weight is 284 g/mol. The second-order valence-electron chi connectivity index (χ2n) is 5.11. The predicted octanol–water partition coefficient (Wildman–Crippen LogP) is 2.78. The van der Waals surface area contributed by atoms with Gasteiger partial charge < -0.3 is 10.1 Å². The van der Waals surface area contributed by atoms with Crippen LogP contribution in [0.25, 0.3) is 0 Å². The summed E-state index contributed by atoms with van der Waals surface area (Å²) in [7, 11) is 0. The van der Waals surface area contributed by atoms with Crippen molar-refractivity contribution in [3.63, 3.8) is 0 Å². The van der Waals surface area contributed by atoms with Gasteiger partial charge in [-0.15, -0.1) is 0 Å². The topological polar surface area (TPSA) is 37.4 Å². The molecule has 1 saturated heterocycles. The Balaban J connectivity index is 2.07. The molecule has 4 nitrogen and oxygen atoms in total. The maximum absolute atomic E-state index is 6.24. The Kier molecular flexibility index (Phi) is 5.02. The van der Waals surface area contributed by atoms with E-state index < -0.39 is 0 Å². The second-order valence-corrected chi connectivity index (χ2v) is 5.51. The van der Waals surface area contributed by atoms with Gasteiger partial charge >= 0.3 is 0 Å². The van der Waals surface area contributed by atoms with Gasteiger partial charge in [0.2, 0.25) is 0 Å². The van der Waals surface area contributed by atoms with Crippen LogP contribution in [0.4, 0.5) is 5.82 Å². The fourth-order valence-electron chi connectivity index (χ4n) is 2.50. The third kappa shape index (κ3) is 4.06. The molecule has 2 heterocycles. The normalized spacial score (nSPS) is 24.4. The van der Waals surface area contributed by atoms with E-state index in [1.165, 1.54) is 0 Å². The smallest absolute Gasteiger partial charge is 0.126 e. The van der Waals surface area contributed by atoms with Crippen LogP contribution >= 0.6 is 11.6 Å². The molecule has 5 heteroatoms. The van der Waals surface area contributed by atoms with Crippen molar-refractivity contribution in [2.75, 3.05) is 25.0 Å². The highest BCUT2D eigenvalue weighted by molar-refractivity contribution is 6.31. The first kappa shape index (κ1) is 14.6. The van der Waals surface area contributed by atoms with Gasteiger partial charge in [-0.05, 0) is 32.9 Å². The van der Waals surface area contributed by atoms with Crippen LogP contribution in [0, 0.1) is 0 Å². The Morgan fingerprint density at radius 3 is 2.68 bits per heavy atom. The van der Waals surface area contributed by atoms with Crippen molar-refractivity contribution in [1.82, 2.24) is 9.88 Å². The number of morpholine rings is 1. The molecule has 1 N–H and O–H groups in total. The molecule has 1 aliphatic rings. The van der Waals surface area contributed by atoms with E-state index in [0.717, 1.165) is 42.7 Å². The molecule has 1 aromatic rings. The Bertz CT molecular complexity index is 417. The van der Waals surface area contributed by atoms with Crippen molar-refractivity contribution in [1.29, 1.82) is 0 Å². The van der Waals surface area contributed by atoms with Crippen molar-refractivity contribution in [2.24, 2.45) is 0 Å². The summed E-state index contributed by atoms with van der Waals surface area (Å²) < 4.78 is 5.74. The number of hydrogen-bond acceptors (Lipinski definition) is 4. The molecule has 1 aromatic heterocycles. The van der Waals surface area contributed by atoms with Gasteiger partial charge in [0.1, 0.15) is 5.82 Å². The average Bonchev–Trinajstić information content (AvgIpc) is 2.32. The van der Waals surface area contributed by atoms with E-state index in [-0.39, 0.29) is 12.2 Å². The molecule has 0 bridgehead atoms. The maximum atomic E-state index is 6.24. The largest absolute Gasteiger partial charge is 0.373 e. The molecule has 1 aliphatic heterocycles. The molecular formula is C14H22ClN3O. The van der Waals surface area contributed by atoms with Crippen LogP contribution in [-0.2, 0) is 11.3 Å². The molecule has 0 radical (unpaired) electrons. The van der Waals surface area contributed by atoms with Crippen molar-refractivity contribution in [3.05, 3.63) is 22.8 Å². The van der Waals surface area contributed by atoms with Gasteiger partial charge in [0.25, 0.3) is 0 Å². The monoisotopic (exact) mass is 283 g/mol. The zero-order valence-electron chi connectivity index (χ0n) is 11.8. The van der Waals surface area contributed by atoms with Crippen molar-refractivity contribution in [2.45, 2.75) is 39.5 Å². The number of hydrogen-bond donors (Lipinski definition) is 1. The summed E-state index contributed by atoms with van der Waals surface area (Å²) in [6, 6.07) is 3.83. The highest BCUT2D eigenvalue weighted by Gasteiger charge is 2.23. The van der Waals surface area contributed by atoms with Crippen molar-refractivity contribution in [3.8, 4) is 0 Å². The number of pyridine rings is 1. The van der Waals surface area contributed by atoms with Crippen LogP contribution in [0.15, 0.2) is 12.1 Å². The number of aromatic nitrogens is 1. The van der Waals surface area contributed by atoms with Crippen molar-refractivity contribution < 1.29 is 4.74 Å². The molecule has 1 fully saturated rings. The summed E-state index contributed by atoms with van der Waals surface area (Å²) >= 11 is 6.24. The standard InChI is InChI=1S/C14H22ClN3O/c1-4-16-14-6-5-12(15)13(17-14)9-18-7-10(2)19-11(3)8-18/h5-6,10-11H,4,7-9H2,1-3H3,(H,16,17)/t10-,11+. The van der Waals surface area contributed by atoms with E-state index in [0.29, 0.717) is 0 Å². The second kappa shape index (κ2) is 6.55. The van der Waals surface area contributed by atoms with Crippen LogP contribution < -0.4 is 5.32 Å². The van der Waals surface area contributed by atoms with E-state index in [1.807, 2.05) is 12.1 Å². The van der Waals surface area contributed by atoms with Gasteiger partial charge in [-0.3, -0.25) is 4.90 Å². The molecule has 0 aliphatic carbocycles. The number of nitrogens with one attached hydrogen (secondary N) is 1. The number of ether oxygens (including phenoxy) is 1. The lowest BCUT2D eigenvalue weighted by Gasteiger charge is -2.35.